The normalized spacial score (nSPS) is 10.5. The summed E-state index contributed by atoms with van der Waals surface area (Å²) >= 11 is 0. The van der Waals surface area contributed by atoms with Crippen LogP contribution in [0.3, 0.4) is 0 Å². The van der Waals surface area contributed by atoms with Gasteiger partial charge in [-0.3, -0.25) is 4.90 Å². The number of urea groups is 1. The zero-order valence-corrected chi connectivity index (χ0v) is 11.9. The maximum absolute atomic E-state index is 12.1. The Balaban J connectivity index is 2.63. The van der Waals surface area contributed by atoms with Gasteiger partial charge in [-0.15, -0.1) is 0 Å². The second-order valence-electron chi connectivity index (χ2n) is 5.00. The molecule has 0 aromatic heterocycles. The van der Waals surface area contributed by atoms with Gasteiger partial charge in [-0.05, 0) is 43.9 Å². The van der Waals surface area contributed by atoms with Gasteiger partial charge in [0.2, 0.25) is 0 Å². The minimum atomic E-state index is -0.0104. The SMILES string of the molecule is CCN(C(=O)NCCC(C)C)c1cccc(C)c1. The molecule has 1 aromatic rings. The molecule has 3 nitrogen and oxygen atoms in total. The van der Waals surface area contributed by atoms with Gasteiger partial charge in [-0.1, -0.05) is 26.0 Å². The third-order valence-electron chi connectivity index (χ3n) is 2.87. The van der Waals surface area contributed by atoms with Crippen molar-refractivity contribution in [3.8, 4) is 0 Å². The molecule has 0 unspecified atom stereocenters. The molecular weight excluding hydrogens is 224 g/mol. The molecule has 0 aliphatic heterocycles. The van der Waals surface area contributed by atoms with E-state index in [1.165, 1.54) is 5.56 Å². The Morgan fingerprint density at radius 2 is 2.11 bits per heavy atom. The summed E-state index contributed by atoms with van der Waals surface area (Å²) in [4.78, 5) is 13.9. The van der Waals surface area contributed by atoms with E-state index in [1.54, 1.807) is 4.90 Å². The first kappa shape index (κ1) is 14.6. The summed E-state index contributed by atoms with van der Waals surface area (Å²) in [6, 6.07) is 8.01. The number of benzene rings is 1. The average molecular weight is 248 g/mol. The Hall–Kier alpha value is -1.51. The molecule has 0 radical (unpaired) electrons. The zero-order chi connectivity index (χ0) is 13.5. The number of carbonyl (C=O) groups excluding carboxylic acids is 1. The van der Waals surface area contributed by atoms with Crippen molar-refractivity contribution in [1.82, 2.24) is 5.32 Å². The molecule has 0 heterocycles. The van der Waals surface area contributed by atoms with Gasteiger partial charge in [0.15, 0.2) is 0 Å². The molecular formula is C15H24N2O. The van der Waals surface area contributed by atoms with Crippen molar-refractivity contribution in [2.75, 3.05) is 18.0 Å². The van der Waals surface area contributed by atoms with Gasteiger partial charge < -0.3 is 5.32 Å². The molecule has 0 bridgehead atoms. The average Bonchev–Trinajstić information content (AvgIpc) is 2.29. The predicted molar refractivity (Wildman–Crippen MR) is 77.1 cm³/mol. The largest absolute Gasteiger partial charge is 0.338 e. The van der Waals surface area contributed by atoms with E-state index in [0.29, 0.717) is 12.5 Å². The molecule has 0 fully saturated rings. The topological polar surface area (TPSA) is 32.3 Å². The predicted octanol–water partition coefficient (Wildman–Crippen LogP) is 3.58. The lowest BCUT2D eigenvalue weighted by Gasteiger charge is -2.22. The van der Waals surface area contributed by atoms with Gasteiger partial charge in [0.1, 0.15) is 0 Å². The summed E-state index contributed by atoms with van der Waals surface area (Å²) in [6.45, 7) is 9.75. The van der Waals surface area contributed by atoms with Crippen molar-refractivity contribution in [1.29, 1.82) is 0 Å². The van der Waals surface area contributed by atoms with Crippen molar-refractivity contribution < 1.29 is 4.79 Å². The molecule has 0 aliphatic rings. The number of anilines is 1. The number of nitrogens with zero attached hydrogens (tertiary/aromatic N) is 1. The molecule has 1 N–H and O–H groups in total. The molecule has 2 amide bonds. The maximum atomic E-state index is 12.1. The van der Waals surface area contributed by atoms with Crippen LogP contribution < -0.4 is 10.2 Å². The van der Waals surface area contributed by atoms with Crippen LogP contribution in [-0.4, -0.2) is 19.1 Å². The number of amides is 2. The summed E-state index contributed by atoms with van der Waals surface area (Å²) in [6.07, 6.45) is 1.01. The van der Waals surface area contributed by atoms with Gasteiger partial charge in [0.25, 0.3) is 0 Å². The van der Waals surface area contributed by atoms with Gasteiger partial charge >= 0.3 is 6.03 Å². The van der Waals surface area contributed by atoms with Crippen LogP contribution in [0.2, 0.25) is 0 Å². The fourth-order valence-corrected chi connectivity index (χ4v) is 1.80. The fourth-order valence-electron chi connectivity index (χ4n) is 1.80. The van der Waals surface area contributed by atoms with Crippen molar-refractivity contribution in [3.05, 3.63) is 29.8 Å². The van der Waals surface area contributed by atoms with Crippen LogP contribution >= 0.6 is 0 Å². The van der Waals surface area contributed by atoms with E-state index in [1.807, 2.05) is 38.1 Å². The van der Waals surface area contributed by atoms with Gasteiger partial charge in [0.05, 0.1) is 0 Å². The summed E-state index contributed by atoms with van der Waals surface area (Å²) < 4.78 is 0. The first-order valence-corrected chi connectivity index (χ1v) is 6.66. The van der Waals surface area contributed by atoms with Crippen LogP contribution in [0.25, 0.3) is 0 Å². The molecule has 0 saturated carbocycles. The van der Waals surface area contributed by atoms with Crippen molar-refractivity contribution in [2.45, 2.75) is 34.1 Å². The highest BCUT2D eigenvalue weighted by Gasteiger charge is 2.13. The molecule has 0 spiro atoms. The minimum Gasteiger partial charge on any atom is -0.338 e. The molecule has 1 aromatic carbocycles. The van der Waals surface area contributed by atoms with E-state index < -0.39 is 0 Å². The van der Waals surface area contributed by atoms with Crippen molar-refractivity contribution in [3.63, 3.8) is 0 Å². The summed E-state index contributed by atoms with van der Waals surface area (Å²) in [5.74, 6) is 0.611. The number of hydrogen-bond donors (Lipinski definition) is 1. The molecule has 18 heavy (non-hydrogen) atoms. The summed E-state index contributed by atoms with van der Waals surface area (Å²) in [5.41, 5.74) is 2.13. The van der Waals surface area contributed by atoms with Crippen LogP contribution in [0.5, 0.6) is 0 Å². The second-order valence-corrected chi connectivity index (χ2v) is 5.00. The third-order valence-corrected chi connectivity index (χ3v) is 2.87. The third kappa shape index (κ3) is 4.40. The Labute approximate surface area is 110 Å². The molecule has 100 valence electrons. The van der Waals surface area contributed by atoms with Gasteiger partial charge in [-0.25, -0.2) is 4.79 Å². The molecule has 0 aliphatic carbocycles. The van der Waals surface area contributed by atoms with E-state index in [-0.39, 0.29) is 6.03 Å². The highest BCUT2D eigenvalue weighted by Crippen LogP contribution is 2.15. The Kier molecular flexibility index (Phi) is 5.69. The first-order valence-electron chi connectivity index (χ1n) is 6.66. The Morgan fingerprint density at radius 1 is 1.39 bits per heavy atom. The highest BCUT2D eigenvalue weighted by atomic mass is 16.2. The standard InChI is InChI=1S/C15H24N2O/c1-5-17(14-8-6-7-13(4)11-14)15(18)16-10-9-12(2)3/h6-8,11-12H,5,9-10H2,1-4H3,(H,16,18). The van der Waals surface area contributed by atoms with Crippen LogP contribution in [0.4, 0.5) is 10.5 Å². The lowest BCUT2D eigenvalue weighted by Crippen LogP contribution is -2.40. The summed E-state index contributed by atoms with van der Waals surface area (Å²) in [7, 11) is 0. The van der Waals surface area contributed by atoms with E-state index in [0.717, 1.165) is 18.7 Å². The van der Waals surface area contributed by atoms with Gasteiger partial charge in [0, 0.05) is 18.8 Å². The monoisotopic (exact) mass is 248 g/mol. The van der Waals surface area contributed by atoms with Gasteiger partial charge in [-0.2, -0.15) is 0 Å². The van der Waals surface area contributed by atoms with Crippen molar-refractivity contribution >= 4 is 11.7 Å². The number of carbonyl (C=O) groups is 1. The molecule has 0 saturated heterocycles. The van der Waals surface area contributed by atoms with E-state index >= 15 is 0 Å². The van der Waals surface area contributed by atoms with E-state index in [2.05, 4.69) is 19.2 Å². The first-order chi connectivity index (χ1) is 8.54. The second kappa shape index (κ2) is 7.04. The van der Waals surface area contributed by atoms with Crippen molar-refractivity contribution in [2.24, 2.45) is 5.92 Å². The Morgan fingerprint density at radius 3 is 2.67 bits per heavy atom. The molecule has 0 atom stereocenters. The fraction of sp³-hybridized carbons (Fsp3) is 0.533. The summed E-state index contributed by atoms with van der Waals surface area (Å²) in [5, 5.41) is 2.97. The van der Waals surface area contributed by atoms with Crippen LogP contribution in [0, 0.1) is 12.8 Å². The zero-order valence-electron chi connectivity index (χ0n) is 11.9. The Bertz CT molecular complexity index is 388. The molecule has 1 rings (SSSR count). The van der Waals surface area contributed by atoms with Crippen LogP contribution in [0.1, 0.15) is 32.8 Å². The quantitative estimate of drug-likeness (QED) is 0.848. The number of nitrogens with one attached hydrogen (secondary N) is 1. The smallest absolute Gasteiger partial charge is 0.321 e. The minimum absolute atomic E-state index is 0.0104. The van der Waals surface area contributed by atoms with Crippen LogP contribution in [-0.2, 0) is 0 Å². The maximum Gasteiger partial charge on any atom is 0.321 e. The molecule has 3 heteroatoms. The van der Waals surface area contributed by atoms with E-state index in [9.17, 15) is 4.79 Å². The lowest BCUT2D eigenvalue weighted by molar-refractivity contribution is 0.246. The lowest BCUT2D eigenvalue weighted by atomic mass is 10.1. The number of hydrogen-bond acceptors (Lipinski definition) is 1. The number of aryl methyl sites for hydroxylation is 1. The number of rotatable bonds is 5. The van der Waals surface area contributed by atoms with E-state index in [4.69, 9.17) is 0 Å². The highest BCUT2D eigenvalue weighted by molar-refractivity contribution is 5.91. The van der Waals surface area contributed by atoms with Crippen LogP contribution in [0.15, 0.2) is 24.3 Å².